The minimum atomic E-state index is -0.184. The van der Waals surface area contributed by atoms with E-state index in [2.05, 4.69) is 9.47 Å². The number of hydrogen-bond acceptors (Lipinski definition) is 6. The third-order valence-electron chi connectivity index (χ3n) is 3.46. The van der Waals surface area contributed by atoms with Gasteiger partial charge < -0.3 is 9.47 Å². The quantitative estimate of drug-likeness (QED) is 0.403. The number of carbonyl (C=O) groups is 3. The first kappa shape index (κ1) is 21.0. The number of rotatable bonds is 12. The number of hydrogen-bond donors (Lipinski definition) is 0. The Balaban J connectivity index is 3.93. The molecule has 0 spiro atoms. The predicted octanol–water partition coefficient (Wildman–Crippen LogP) is 3.35. The fourth-order valence-electron chi connectivity index (χ4n) is 2.16. The zero-order valence-electron chi connectivity index (χ0n) is 13.9. The molecule has 0 aromatic rings. The molecule has 0 rings (SSSR count). The smallest absolute Gasteiger partial charge is 0.305 e. The third kappa shape index (κ3) is 12.7. The fourth-order valence-corrected chi connectivity index (χ4v) is 2.97. The van der Waals surface area contributed by atoms with Crippen LogP contribution in [0.2, 0.25) is 0 Å². The molecule has 0 heterocycles. The van der Waals surface area contributed by atoms with Gasteiger partial charge in [0.15, 0.2) is 5.12 Å². The van der Waals surface area contributed by atoms with Crippen molar-refractivity contribution in [1.82, 2.24) is 0 Å². The van der Waals surface area contributed by atoms with Gasteiger partial charge in [-0.2, -0.15) is 0 Å². The van der Waals surface area contributed by atoms with Crippen LogP contribution in [0.5, 0.6) is 0 Å². The number of ether oxygens (including phenoxy) is 2. The van der Waals surface area contributed by atoms with Crippen LogP contribution < -0.4 is 0 Å². The maximum atomic E-state index is 11.1. The van der Waals surface area contributed by atoms with Gasteiger partial charge in [-0.1, -0.05) is 24.6 Å². The van der Waals surface area contributed by atoms with Crippen LogP contribution in [0.25, 0.3) is 0 Å². The lowest BCUT2D eigenvalue weighted by molar-refractivity contribution is -0.141. The highest BCUT2D eigenvalue weighted by Gasteiger charge is 2.12. The molecule has 0 saturated heterocycles. The molecule has 0 aliphatic rings. The Bertz CT molecular complexity index is 343. The summed E-state index contributed by atoms with van der Waals surface area (Å²) in [6.45, 7) is 1.58. The summed E-state index contributed by atoms with van der Waals surface area (Å²) in [7, 11) is 2.80. The van der Waals surface area contributed by atoms with Crippen LogP contribution in [0.15, 0.2) is 0 Å². The summed E-state index contributed by atoms with van der Waals surface area (Å²) in [6.07, 6.45) is 6.46. The van der Waals surface area contributed by atoms with Crippen LogP contribution in [0.4, 0.5) is 0 Å². The fraction of sp³-hybridized carbons (Fsp3) is 0.812. The molecule has 5 nitrogen and oxygen atoms in total. The number of esters is 2. The van der Waals surface area contributed by atoms with Gasteiger partial charge >= 0.3 is 11.9 Å². The molecule has 0 aliphatic carbocycles. The Morgan fingerprint density at radius 1 is 0.864 bits per heavy atom. The Morgan fingerprint density at radius 2 is 1.41 bits per heavy atom. The lowest BCUT2D eigenvalue weighted by atomic mass is 9.97. The van der Waals surface area contributed by atoms with Crippen LogP contribution >= 0.6 is 11.8 Å². The summed E-state index contributed by atoms with van der Waals surface area (Å²) in [5.41, 5.74) is 0. The van der Waals surface area contributed by atoms with E-state index in [0.29, 0.717) is 18.8 Å². The second-order valence-electron chi connectivity index (χ2n) is 5.31. The molecule has 128 valence electrons. The van der Waals surface area contributed by atoms with Crippen molar-refractivity contribution in [1.29, 1.82) is 0 Å². The molecule has 1 atom stereocenters. The van der Waals surface area contributed by atoms with Crippen LogP contribution in [-0.4, -0.2) is 37.0 Å². The van der Waals surface area contributed by atoms with Crippen molar-refractivity contribution in [2.24, 2.45) is 5.92 Å². The molecule has 0 amide bonds. The molecule has 0 saturated carbocycles. The Kier molecular flexibility index (Phi) is 13.0. The number of methoxy groups -OCH3 is 2. The first-order valence-corrected chi connectivity index (χ1v) is 8.75. The first-order valence-electron chi connectivity index (χ1n) is 7.76. The normalized spacial score (nSPS) is 11.8. The molecular weight excluding hydrogens is 304 g/mol. The van der Waals surface area contributed by atoms with Gasteiger partial charge in [0.25, 0.3) is 0 Å². The summed E-state index contributed by atoms with van der Waals surface area (Å²) in [5, 5.41) is 0.128. The van der Waals surface area contributed by atoms with Crippen molar-refractivity contribution in [2.75, 3.05) is 20.0 Å². The van der Waals surface area contributed by atoms with Crippen molar-refractivity contribution in [3.63, 3.8) is 0 Å². The highest BCUT2D eigenvalue weighted by molar-refractivity contribution is 8.13. The first-order chi connectivity index (χ1) is 10.5. The van der Waals surface area contributed by atoms with E-state index in [1.54, 1.807) is 6.92 Å². The van der Waals surface area contributed by atoms with Gasteiger partial charge in [-0.25, -0.2) is 0 Å². The number of carbonyl (C=O) groups excluding carboxylic acids is 3. The second kappa shape index (κ2) is 13.6. The summed E-state index contributed by atoms with van der Waals surface area (Å²) >= 11 is 1.35. The van der Waals surface area contributed by atoms with Gasteiger partial charge in [0.05, 0.1) is 14.2 Å². The Labute approximate surface area is 137 Å². The van der Waals surface area contributed by atoms with Crippen LogP contribution in [0.1, 0.15) is 58.3 Å². The Hall–Kier alpha value is -1.04. The SMILES string of the molecule is COC(=O)CCCCC[C@H](CCCC(=O)OC)CSC(C)=O. The van der Waals surface area contributed by atoms with Gasteiger partial charge in [-0.05, 0) is 31.6 Å². The molecule has 0 aromatic heterocycles. The van der Waals surface area contributed by atoms with Crippen molar-refractivity contribution >= 4 is 28.8 Å². The van der Waals surface area contributed by atoms with Crippen LogP contribution in [0.3, 0.4) is 0 Å². The predicted molar refractivity (Wildman–Crippen MR) is 87.6 cm³/mol. The van der Waals surface area contributed by atoms with Crippen molar-refractivity contribution in [3.05, 3.63) is 0 Å². The zero-order valence-corrected chi connectivity index (χ0v) is 14.7. The average Bonchev–Trinajstić information content (AvgIpc) is 2.50. The maximum absolute atomic E-state index is 11.1. The van der Waals surface area contributed by atoms with E-state index >= 15 is 0 Å². The van der Waals surface area contributed by atoms with Crippen LogP contribution in [-0.2, 0) is 23.9 Å². The lowest BCUT2D eigenvalue weighted by Gasteiger charge is -2.15. The highest BCUT2D eigenvalue weighted by atomic mass is 32.2. The molecule has 0 N–H and O–H groups in total. The number of unbranched alkanes of at least 4 members (excludes halogenated alkanes) is 2. The Morgan fingerprint density at radius 3 is 1.95 bits per heavy atom. The van der Waals surface area contributed by atoms with Gasteiger partial charge in [0.2, 0.25) is 0 Å². The molecule has 0 fully saturated rings. The standard InChI is InChI=1S/C16H28O5S/c1-13(17)22-12-14(9-7-11-16(19)21-3)8-5-4-6-10-15(18)20-2/h14H,4-12H2,1-3H3/t14-/m1/s1. The minimum absolute atomic E-state index is 0.128. The minimum Gasteiger partial charge on any atom is -0.469 e. The van der Waals surface area contributed by atoms with E-state index in [-0.39, 0.29) is 17.1 Å². The van der Waals surface area contributed by atoms with E-state index in [1.807, 2.05) is 0 Å². The van der Waals surface area contributed by atoms with Gasteiger partial charge in [0, 0.05) is 25.5 Å². The van der Waals surface area contributed by atoms with Crippen molar-refractivity contribution in [3.8, 4) is 0 Å². The third-order valence-corrected chi connectivity index (χ3v) is 4.51. The molecule has 0 radical (unpaired) electrons. The average molecular weight is 332 g/mol. The van der Waals surface area contributed by atoms with Crippen molar-refractivity contribution < 1.29 is 23.9 Å². The summed E-state index contributed by atoms with van der Waals surface area (Å²) in [5.74, 6) is 0.877. The number of thioether (sulfide) groups is 1. The van der Waals surface area contributed by atoms with Gasteiger partial charge in [-0.3, -0.25) is 14.4 Å². The summed E-state index contributed by atoms with van der Waals surface area (Å²) in [4.78, 5) is 33.2. The lowest BCUT2D eigenvalue weighted by Crippen LogP contribution is -2.08. The van der Waals surface area contributed by atoms with Crippen molar-refractivity contribution in [2.45, 2.75) is 58.3 Å². The van der Waals surface area contributed by atoms with E-state index in [4.69, 9.17) is 0 Å². The largest absolute Gasteiger partial charge is 0.469 e. The topological polar surface area (TPSA) is 69.7 Å². The maximum Gasteiger partial charge on any atom is 0.305 e. The van der Waals surface area contributed by atoms with Crippen LogP contribution in [0, 0.1) is 5.92 Å². The van der Waals surface area contributed by atoms with Gasteiger partial charge in [-0.15, -0.1) is 0 Å². The molecule has 6 heteroatoms. The van der Waals surface area contributed by atoms with Gasteiger partial charge in [0.1, 0.15) is 0 Å². The van der Waals surface area contributed by atoms with E-state index in [0.717, 1.165) is 44.3 Å². The molecule has 0 unspecified atom stereocenters. The summed E-state index contributed by atoms with van der Waals surface area (Å²) < 4.78 is 9.24. The highest BCUT2D eigenvalue weighted by Crippen LogP contribution is 2.22. The van der Waals surface area contributed by atoms with E-state index in [9.17, 15) is 14.4 Å². The van der Waals surface area contributed by atoms with E-state index in [1.165, 1.54) is 26.0 Å². The summed E-state index contributed by atoms with van der Waals surface area (Å²) in [6, 6.07) is 0. The van der Waals surface area contributed by atoms with E-state index < -0.39 is 0 Å². The molecular formula is C16H28O5S. The molecule has 0 aromatic carbocycles. The molecule has 0 bridgehead atoms. The monoisotopic (exact) mass is 332 g/mol. The molecule has 0 aliphatic heterocycles. The molecule has 22 heavy (non-hydrogen) atoms. The zero-order chi connectivity index (χ0) is 16.8. The second-order valence-corrected chi connectivity index (χ2v) is 6.51.